The van der Waals surface area contributed by atoms with Crippen LogP contribution in [0.5, 0.6) is 11.5 Å². The monoisotopic (exact) mass is 513 g/mol. The molecule has 0 saturated heterocycles. The molecule has 0 aliphatic carbocycles. The molecule has 2 heterocycles. The quantitative estimate of drug-likeness (QED) is 0.258. The molecule has 0 fully saturated rings. The zero-order valence-electron chi connectivity index (χ0n) is 21.7. The molecule has 0 saturated carbocycles. The van der Waals surface area contributed by atoms with E-state index in [-0.39, 0.29) is 12.6 Å². The second-order valence-corrected chi connectivity index (χ2v) is 9.77. The summed E-state index contributed by atoms with van der Waals surface area (Å²) in [6, 6.07) is 10.5. The van der Waals surface area contributed by atoms with E-state index in [1.54, 1.807) is 53.7 Å². The molecule has 0 aliphatic rings. The van der Waals surface area contributed by atoms with Gasteiger partial charge in [-0.3, -0.25) is 9.67 Å². The van der Waals surface area contributed by atoms with Crippen molar-refractivity contribution >= 4 is 22.4 Å². The van der Waals surface area contributed by atoms with Crippen LogP contribution in [0.1, 0.15) is 33.7 Å². The SMILES string of the molecule is COc1cc(OC)cc(N(CC(C)(C)C(F)(F)F)c2ccc3ncc(-c4cnn(C(C)C)c4)nc3c2)c1. The van der Waals surface area contributed by atoms with Crippen LogP contribution in [-0.4, -0.2) is 46.7 Å². The molecule has 0 amide bonds. The predicted molar refractivity (Wildman–Crippen MR) is 138 cm³/mol. The Balaban J connectivity index is 1.83. The van der Waals surface area contributed by atoms with E-state index in [0.29, 0.717) is 39.6 Å². The highest BCUT2D eigenvalue weighted by molar-refractivity contribution is 5.82. The number of aromatic nitrogens is 4. The van der Waals surface area contributed by atoms with Crippen LogP contribution in [0.15, 0.2) is 55.0 Å². The van der Waals surface area contributed by atoms with Crippen molar-refractivity contribution in [3.8, 4) is 22.8 Å². The van der Waals surface area contributed by atoms with Gasteiger partial charge in [0.25, 0.3) is 0 Å². The zero-order chi connectivity index (χ0) is 27.0. The number of methoxy groups -OCH3 is 2. The van der Waals surface area contributed by atoms with E-state index in [9.17, 15) is 13.2 Å². The van der Waals surface area contributed by atoms with E-state index in [0.717, 1.165) is 5.56 Å². The summed E-state index contributed by atoms with van der Waals surface area (Å²) in [6.45, 7) is 6.08. The Labute approximate surface area is 213 Å². The Morgan fingerprint density at radius 2 is 1.59 bits per heavy atom. The maximum Gasteiger partial charge on any atom is 0.395 e. The van der Waals surface area contributed by atoms with Crippen molar-refractivity contribution in [1.29, 1.82) is 0 Å². The van der Waals surface area contributed by atoms with Gasteiger partial charge < -0.3 is 14.4 Å². The molecular formula is C27H30F3N5O2. The molecular weight excluding hydrogens is 483 g/mol. The van der Waals surface area contributed by atoms with Crippen LogP contribution in [0.4, 0.5) is 24.5 Å². The number of ether oxygens (including phenoxy) is 2. The van der Waals surface area contributed by atoms with Crippen LogP contribution in [0.25, 0.3) is 22.3 Å². The number of fused-ring (bicyclic) bond motifs is 1. The van der Waals surface area contributed by atoms with E-state index in [1.807, 2.05) is 24.7 Å². The van der Waals surface area contributed by atoms with Gasteiger partial charge in [0.2, 0.25) is 0 Å². The zero-order valence-corrected chi connectivity index (χ0v) is 21.7. The third-order valence-electron chi connectivity index (χ3n) is 6.23. The molecule has 196 valence electrons. The summed E-state index contributed by atoms with van der Waals surface area (Å²) in [5.41, 5.74) is 1.62. The van der Waals surface area contributed by atoms with Gasteiger partial charge in [0.05, 0.1) is 48.8 Å². The Hall–Kier alpha value is -3.82. The van der Waals surface area contributed by atoms with Gasteiger partial charge in [0.15, 0.2) is 0 Å². The number of anilines is 2. The van der Waals surface area contributed by atoms with Crippen LogP contribution < -0.4 is 14.4 Å². The van der Waals surface area contributed by atoms with Gasteiger partial charge in [0.1, 0.15) is 11.5 Å². The highest BCUT2D eigenvalue weighted by atomic mass is 19.4. The molecule has 0 unspecified atom stereocenters. The fourth-order valence-electron chi connectivity index (χ4n) is 3.82. The first kappa shape index (κ1) is 26.2. The molecule has 2 aromatic carbocycles. The van der Waals surface area contributed by atoms with Crippen molar-refractivity contribution < 1.29 is 22.6 Å². The van der Waals surface area contributed by atoms with Gasteiger partial charge in [0, 0.05) is 53.9 Å². The lowest BCUT2D eigenvalue weighted by Crippen LogP contribution is -2.42. The van der Waals surface area contributed by atoms with Crippen molar-refractivity contribution in [1.82, 2.24) is 19.7 Å². The van der Waals surface area contributed by atoms with Crippen molar-refractivity contribution in [2.24, 2.45) is 5.41 Å². The summed E-state index contributed by atoms with van der Waals surface area (Å²) >= 11 is 0. The van der Waals surface area contributed by atoms with Crippen LogP contribution >= 0.6 is 0 Å². The molecule has 7 nitrogen and oxygen atoms in total. The molecule has 4 rings (SSSR count). The number of hydrogen-bond acceptors (Lipinski definition) is 6. The van der Waals surface area contributed by atoms with E-state index in [4.69, 9.17) is 14.5 Å². The van der Waals surface area contributed by atoms with Crippen LogP contribution in [-0.2, 0) is 0 Å². The first-order chi connectivity index (χ1) is 17.4. The topological polar surface area (TPSA) is 65.3 Å². The van der Waals surface area contributed by atoms with Gasteiger partial charge in [-0.1, -0.05) is 0 Å². The van der Waals surface area contributed by atoms with Crippen molar-refractivity contribution in [3.05, 3.63) is 55.0 Å². The van der Waals surface area contributed by atoms with Gasteiger partial charge in [-0.25, -0.2) is 4.98 Å². The molecule has 4 aromatic rings. The lowest BCUT2D eigenvalue weighted by molar-refractivity contribution is -0.207. The van der Waals surface area contributed by atoms with Gasteiger partial charge in [-0.15, -0.1) is 0 Å². The third kappa shape index (κ3) is 5.47. The number of hydrogen-bond donors (Lipinski definition) is 0. The first-order valence-corrected chi connectivity index (χ1v) is 11.8. The fraction of sp³-hybridized carbons (Fsp3) is 0.370. The van der Waals surface area contributed by atoms with Crippen LogP contribution in [0.3, 0.4) is 0 Å². The molecule has 0 N–H and O–H groups in total. The minimum atomic E-state index is -4.42. The highest BCUT2D eigenvalue weighted by Gasteiger charge is 2.48. The average Bonchev–Trinajstić information content (AvgIpc) is 3.36. The minimum absolute atomic E-state index is 0.194. The number of nitrogens with zero attached hydrogens (tertiary/aromatic N) is 5. The average molecular weight is 514 g/mol. The fourth-order valence-corrected chi connectivity index (χ4v) is 3.82. The lowest BCUT2D eigenvalue weighted by Gasteiger charge is -2.36. The summed E-state index contributed by atoms with van der Waals surface area (Å²) in [4.78, 5) is 10.9. The maximum absolute atomic E-state index is 14.0. The molecule has 0 radical (unpaired) electrons. The number of rotatable bonds is 8. The Morgan fingerprint density at radius 1 is 0.919 bits per heavy atom. The molecule has 0 spiro atoms. The van der Waals surface area contributed by atoms with Crippen molar-refractivity contribution in [3.63, 3.8) is 0 Å². The number of alkyl halides is 3. The second-order valence-electron chi connectivity index (χ2n) is 9.77. The van der Waals surface area contributed by atoms with Gasteiger partial charge in [-0.05, 0) is 45.9 Å². The lowest BCUT2D eigenvalue weighted by atomic mass is 9.91. The summed E-state index contributed by atoms with van der Waals surface area (Å²) in [6.07, 6.45) is 0.862. The molecule has 0 atom stereocenters. The van der Waals surface area contributed by atoms with Crippen LogP contribution in [0.2, 0.25) is 0 Å². The standard InChI is InChI=1S/C27H30F3N5O2/c1-17(2)35-15-18(13-32-35)25-14-31-23-8-7-19(11-24(23)33-25)34(16-26(3,4)27(28,29)30)20-9-21(36-5)12-22(10-20)37-6/h7-15,17H,16H2,1-6H3. The molecule has 0 aliphatic heterocycles. The summed E-state index contributed by atoms with van der Waals surface area (Å²) in [7, 11) is 2.99. The van der Waals surface area contributed by atoms with Crippen LogP contribution in [0, 0.1) is 5.41 Å². The Morgan fingerprint density at radius 3 is 2.16 bits per heavy atom. The summed E-state index contributed by atoms with van der Waals surface area (Å²) < 4.78 is 54.5. The van der Waals surface area contributed by atoms with E-state index in [2.05, 4.69) is 10.1 Å². The normalized spacial score (nSPS) is 12.3. The maximum atomic E-state index is 14.0. The number of halogens is 3. The third-order valence-corrected chi connectivity index (χ3v) is 6.23. The molecule has 2 aromatic heterocycles. The Kier molecular flexibility index (Phi) is 7.03. The minimum Gasteiger partial charge on any atom is -0.497 e. The molecule has 0 bridgehead atoms. The van der Waals surface area contributed by atoms with E-state index in [1.165, 1.54) is 28.1 Å². The molecule has 37 heavy (non-hydrogen) atoms. The smallest absolute Gasteiger partial charge is 0.395 e. The largest absolute Gasteiger partial charge is 0.497 e. The number of benzene rings is 2. The van der Waals surface area contributed by atoms with E-state index < -0.39 is 11.6 Å². The summed E-state index contributed by atoms with van der Waals surface area (Å²) in [5, 5.41) is 4.36. The van der Waals surface area contributed by atoms with Gasteiger partial charge in [-0.2, -0.15) is 18.3 Å². The Bertz CT molecular complexity index is 1380. The van der Waals surface area contributed by atoms with Crippen molar-refractivity contribution in [2.45, 2.75) is 39.9 Å². The van der Waals surface area contributed by atoms with Crippen molar-refractivity contribution in [2.75, 3.05) is 25.7 Å². The van der Waals surface area contributed by atoms with Gasteiger partial charge >= 0.3 is 6.18 Å². The first-order valence-electron chi connectivity index (χ1n) is 11.8. The summed E-state index contributed by atoms with van der Waals surface area (Å²) in [5.74, 6) is 0.934. The molecule has 10 heteroatoms. The predicted octanol–water partition coefficient (Wildman–Crippen LogP) is 6.82. The highest BCUT2D eigenvalue weighted by Crippen LogP contribution is 2.42. The van der Waals surface area contributed by atoms with E-state index >= 15 is 0 Å². The second kappa shape index (κ2) is 9.91.